The summed E-state index contributed by atoms with van der Waals surface area (Å²) in [5.41, 5.74) is 5.37. The number of aryl methyl sites for hydroxylation is 4. The van der Waals surface area contributed by atoms with Gasteiger partial charge in [0.2, 0.25) is 11.8 Å². The van der Waals surface area contributed by atoms with E-state index in [4.69, 9.17) is 12.2 Å². The molecule has 2 heterocycles. The van der Waals surface area contributed by atoms with Gasteiger partial charge in [-0.2, -0.15) is 0 Å². The number of benzene rings is 2. The van der Waals surface area contributed by atoms with E-state index in [9.17, 15) is 14.4 Å². The molecule has 0 spiro atoms. The zero-order valence-electron chi connectivity index (χ0n) is 18.9. The lowest BCUT2D eigenvalue weighted by atomic mass is 10.0. The minimum absolute atomic E-state index is 0.0136. The molecule has 0 radical (unpaired) electrons. The highest BCUT2D eigenvalue weighted by Gasteiger charge is 2.39. The number of amides is 3. The quantitative estimate of drug-likeness (QED) is 0.330. The van der Waals surface area contributed by atoms with E-state index in [-0.39, 0.29) is 10.0 Å². The summed E-state index contributed by atoms with van der Waals surface area (Å²) in [6, 6.07) is 9.31. The smallest absolute Gasteiger partial charge is 0.263 e. The number of anilines is 1. The second-order valence-electron chi connectivity index (χ2n) is 8.11. The van der Waals surface area contributed by atoms with Gasteiger partial charge in [0.1, 0.15) is 5.92 Å². The number of carbonyl (C=O) groups is 3. The fraction of sp³-hybridized carbons (Fsp3) is 0.208. The van der Waals surface area contributed by atoms with Crippen LogP contribution in [0.3, 0.4) is 0 Å². The summed E-state index contributed by atoms with van der Waals surface area (Å²) in [6.45, 7) is 7.83. The number of amidine groups is 1. The first-order chi connectivity index (χ1) is 16.0. The summed E-state index contributed by atoms with van der Waals surface area (Å²) in [5.74, 6) is -2.69. The van der Waals surface area contributed by atoms with Crippen LogP contribution in [0.2, 0.25) is 0 Å². The highest BCUT2D eigenvalue weighted by molar-refractivity contribution is 9.10. The maximum atomic E-state index is 13.3. The van der Waals surface area contributed by atoms with Crippen molar-refractivity contribution >= 4 is 79.3 Å². The Morgan fingerprint density at radius 3 is 2.32 bits per heavy atom. The van der Waals surface area contributed by atoms with Gasteiger partial charge in [-0.15, -0.1) is 0 Å². The second kappa shape index (κ2) is 9.44. The van der Waals surface area contributed by atoms with Gasteiger partial charge >= 0.3 is 0 Å². The zero-order chi connectivity index (χ0) is 24.7. The average Bonchev–Trinajstić information content (AvgIpc) is 3.10. The van der Waals surface area contributed by atoms with Gasteiger partial charge in [-0.25, -0.2) is 4.99 Å². The molecule has 2 fully saturated rings. The molecule has 0 saturated carbocycles. The molecule has 10 heteroatoms. The number of thioether (sulfide) groups is 1. The lowest BCUT2D eigenvalue weighted by molar-refractivity contribution is -0.131. The van der Waals surface area contributed by atoms with E-state index < -0.39 is 23.6 Å². The molecule has 2 N–H and O–H groups in total. The van der Waals surface area contributed by atoms with Crippen LogP contribution >= 0.6 is 39.9 Å². The lowest BCUT2D eigenvalue weighted by Gasteiger charge is -2.31. The van der Waals surface area contributed by atoms with E-state index in [1.165, 1.54) is 11.0 Å². The Hall–Kier alpha value is -2.82. The van der Waals surface area contributed by atoms with E-state index in [0.29, 0.717) is 16.5 Å². The first-order valence-electron chi connectivity index (χ1n) is 10.4. The molecule has 7 nitrogen and oxygen atoms in total. The van der Waals surface area contributed by atoms with Gasteiger partial charge in [-0.1, -0.05) is 22.0 Å². The molecule has 0 unspecified atom stereocenters. The Labute approximate surface area is 215 Å². The van der Waals surface area contributed by atoms with Crippen LogP contribution in [0.15, 0.2) is 50.8 Å². The largest absolute Gasteiger partial charge is 0.301 e. The van der Waals surface area contributed by atoms with Crippen molar-refractivity contribution in [3.8, 4) is 0 Å². The molecular formula is C24H21BrN4O3S2. The SMILES string of the molecule is Cc1ccc(N2C(=O)[C@@H](/C=C3/SC(=Nc4cc(C)c(Br)c(C)c4)NC3=O)C(=O)NC2=S)cc1C. The molecule has 2 aromatic carbocycles. The molecule has 0 aromatic heterocycles. The number of aliphatic imine (C=N–C) groups is 1. The molecular weight excluding hydrogens is 536 g/mol. The van der Waals surface area contributed by atoms with Crippen molar-refractivity contribution < 1.29 is 14.4 Å². The minimum Gasteiger partial charge on any atom is -0.301 e. The monoisotopic (exact) mass is 556 g/mol. The Kier molecular flexibility index (Phi) is 6.75. The van der Waals surface area contributed by atoms with Crippen molar-refractivity contribution in [2.45, 2.75) is 27.7 Å². The molecule has 1 atom stereocenters. The third-order valence-electron chi connectivity index (χ3n) is 5.57. The van der Waals surface area contributed by atoms with E-state index >= 15 is 0 Å². The van der Waals surface area contributed by atoms with Crippen LogP contribution in [0.1, 0.15) is 22.3 Å². The summed E-state index contributed by atoms with van der Waals surface area (Å²) in [4.78, 5) is 44.5. The van der Waals surface area contributed by atoms with Gasteiger partial charge in [0.05, 0.1) is 16.3 Å². The first kappa shape index (κ1) is 24.3. The number of nitrogens with one attached hydrogen (secondary N) is 2. The van der Waals surface area contributed by atoms with Crippen LogP contribution in [0.4, 0.5) is 11.4 Å². The fourth-order valence-corrected chi connectivity index (χ4v) is 4.97. The molecule has 174 valence electrons. The normalized spacial score (nSPS) is 20.9. The van der Waals surface area contributed by atoms with Crippen molar-refractivity contribution in [1.29, 1.82) is 0 Å². The highest BCUT2D eigenvalue weighted by atomic mass is 79.9. The third kappa shape index (κ3) is 4.70. The van der Waals surface area contributed by atoms with Crippen molar-refractivity contribution in [3.05, 3.63) is 68.0 Å². The van der Waals surface area contributed by atoms with Crippen molar-refractivity contribution in [2.75, 3.05) is 4.90 Å². The number of rotatable bonds is 3. The Balaban J connectivity index is 1.61. The Morgan fingerprint density at radius 1 is 1.00 bits per heavy atom. The van der Waals surface area contributed by atoms with Gasteiger partial charge in [0.15, 0.2) is 10.3 Å². The van der Waals surface area contributed by atoms with Crippen molar-refractivity contribution in [2.24, 2.45) is 10.9 Å². The molecule has 34 heavy (non-hydrogen) atoms. The summed E-state index contributed by atoms with van der Waals surface area (Å²) in [5, 5.41) is 5.67. The molecule has 3 amide bonds. The van der Waals surface area contributed by atoms with Crippen molar-refractivity contribution in [3.63, 3.8) is 0 Å². The van der Waals surface area contributed by atoms with Crippen LogP contribution in [0.25, 0.3) is 0 Å². The van der Waals surface area contributed by atoms with Gasteiger partial charge in [0.25, 0.3) is 5.91 Å². The van der Waals surface area contributed by atoms with E-state index in [2.05, 4.69) is 31.6 Å². The topological polar surface area (TPSA) is 90.9 Å². The summed E-state index contributed by atoms with van der Waals surface area (Å²) in [6.07, 6.45) is 1.37. The molecule has 4 rings (SSSR count). The number of halogens is 1. The third-order valence-corrected chi connectivity index (χ3v) is 8.04. The van der Waals surface area contributed by atoms with Gasteiger partial charge < -0.3 is 10.6 Å². The highest BCUT2D eigenvalue weighted by Crippen LogP contribution is 2.32. The zero-order valence-corrected chi connectivity index (χ0v) is 22.1. The Morgan fingerprint density at radius 2 is 1.68 bits per heavy atom. The predicted octanol–water partition coefficient (Wildman–Crippen LogP) is 4.48. The summed E-state index contributed by atoms with van der Waals surface area (Å²) >= 11 is 9.88. The molecule has 0 bridgehead atoms. The standard InChI is InChI=1S/C24H21BrN4O3S2/c1-11-5-6-16(9-12(11)2)29-22(32)17(20(30)28-24(29)33)10-18-21(31)27-23(34-18)26-15-7-13(3)19(25)14(4)8-15/h5-10,17H,1-4H3,(H,26,27,31)(H,28,30,33)/b18-10+/t17-/m0/s1. The Bertz CT molecular complexity index is 1310. The number of carbonyl (C=O) groups excluding carboxylic acids is 3. The van der Waals surface area contributed by atoms with E-state index in [0.717, 1.165) is 38.5 Å². The van der Waals surface area contributed by atoms with E-state index in [1.807, 2.05) is 52.0 Å². The van der Waals surface area contributed by atoms with Gasteiger partial charge in [0, 0.05) is 4.47 Å². The van der Waals surface area contributed by atoms with Crippen LogP contribution in [0.5, 0.6) is 0 Å². The molecule has 2 saturated heterocycles. The molecule has 2 aromatic rings. The van der Waals surface area contributed by atoms with E-state index in [1.54, 1.807) is 6.07 Å². The number of nitrogens with zero attached hydrogens (tertiary/aromatic N) is 2. The van der Waals surface area contributed by atoms with Crippen molar-refractivity contribution in [1.82, 2.24) is 10.6 Å². The van der Waals surface area contributed by atoms with Crippen LogP contribution < -0.4 is 15.5 Å². The number of thiocarbonyl (C=S) groups is 1. The molecule has 0 aliphatic carbocycles. The van der Waals surface area contributed by atoms with Crippen LogP contribution in [-0.4, -0.2) is 28.0 Å². The van der Waals surface area contributed by atoms with Crippen LogP contribution in [-0.2, 0) is 14.4 Å². The maximum absolute atomic E-state index is 13.3. The molecule has 2 aliphatic heterocycles. The average molecular weight is 557 g/mol. The predicted molar refractivity (Wildman–Crippen MR) is 142 cm³/mol. The number of hydrogen-bond acceptors (Lipinski definition) is 6. The molecule has 2 aliphatic rings. The first-order valence-corrected chi connectivity index (χ1v) is 12.4. The minimum atomic E-state index is -1.20. The van der Waals surface area contributed by atoms with Gasteiger partial charge in [-0.05, 0) is 104 Å². The maximum Gasteiger partial charge on any atom is 0.263 e. The van der Waals surface area contributed by atoms with Gasteiger partial charge in [-0.3, -0.25) is 19.3 Å². The van der Waals surface area contributed by atoms with Crippen LogP contribution in [0, 0.1) is 33.6 Å². The fourth-order valence-electron chi connectivity index (χ4n) is 3.60. The number of hydrogen-bond donors (Lipinski definition) is 2. The summed E-state index contributed by atoms with van der Waals surface area (Å²) in [7, 11) is 0. The lowest BCUT2D eigenvalue weighted by Crippen LogP contribution is -2.57. The second-order valence-corrected chi connectivity index (χ2v) is 10.3. The summed E-state index contributed by atoms with van der Waals surface area (Å²) < 4.78 is 1.01.